The summed E-state index contributed by atoms with van der Waals surface area (Å²) < 4.78 is 5.28. The minimum Gasteiger partial charge on any atom is -0.481 e. The van der Waals surface area contributed by atoms with Gasteiger partial charge in [0.15, 0.2) is 0 Å². The standard InChI is InChI=1S/C12H19NO4/c1-11(2,3)17-10(16)13-5-4-12(7-13)6-8(12)9(14)15/h8H,4-7H2,1-3H3,(H,14,15)/t8-,12+/m0/s1. The van der Waals surface area contributed by atoms with Gasteiger partial charge in [0.25, 0.3) is 0 Å². The minimum absolute atomic E-state index is 0.164. The second-order valence-corrected chi connectivity index (χ2v) is 6.11. The van der Waals surface area contributed by atoms with E-state index in [1.54, 1.807) is 4.90 Å². The number of amides is 1. The van der Waals surface area contributed by atoms with Crippen LogP contribution < -0.4 is 0 Å². The molecule has 96 valence electrons. The molecule has 2 atom stereocenters. The highest BCUT2D eigenvalue weighted by Crippen LogP contribution is 2.58. The Morgan fingerprint density at radius 3 is 2.53 bits per heavy atom. The van der Waals surface area contributed by atoms with Gasteiger partial charge in [-0.05, 0) is 33.6 Å². The van der Waals surface area contributed by atoms with Crippen LogP contribution in [0.1, 0.15) is 33.6 Å². The lowest BCUT2D eigenvalue weighted by atomic mass is 10.0. The molecular formula is C12H19NO4. The van der Waals surface area contributed by atoms with Crippen LogP contribution in [0.15, 0.2) is 0 Å². The van der Waals surface area contributed by atoms with Crippen LogP contribution >= 0.6 is 0 Å². The summed E-state index contributed by atoms with van der Waals surface area (Å²) in [6, 6.07) is 0. The van der Waals surface area contributed by atoms with Gasteiger partial charge in [-0.15, -0.1) is 0 Å². The molecule has 1 saturated heterocycles. The number of carboxylic acid groups (broad SMARTS) is 1. The first-order valence-corrected chi connectivity index (χ1v) is 5.94. The van der Waals surface area contributed by atoms with E-state index in [0.29, 0.717) is 19.5 Å². The number of carboxylic acids is 1. The zero-order valence-electron chi connectivity index (χ0n) is 10.5. The first-order valence-electron chi connectivity index (χ1n) is 5.94. The molecule has 0 unspecified atom stereocenters. The molecule has 2 aliphatic rings. The number of ether oxygens (including phenoxy) is 1. The van der Waals surface area contributed by atoms with E-state index in [1.165, 1.54) is 0 Å². The Balaban J connectivity index is 1.91. The molecule has 0 aromatic carbocycles. The number of nitrogens with zero attached hydrogens (tertiary/aromatic N) is 1. The van der Waals surface area contributed by atoms with Gasteiger partial charge in [-0.1, -0.05) is 0 Å². The fraction of sp³-hybridized carbons (Fsp3) is 0.833. The van der Waals surface area contributed by atoms with Crippen molar-refractivity contribution < 1.29 is 19.4 Å². The van der Waals surface area contributed by atoms with Gasteiger partial charge in [-0.2, -0.15) is 0 Å². The van der Waals surface area contributed by atoms with E-state index in [1.807, 2.05) is 20.8 Å². The molecule has 2 fully saturated rings. The Morgan fingerprint density at radius 1 is 1.41 bits per heavy atom. The Bertz CT molecular complexity index is 360. The van der Waals surface area contributed by atoms with E-state index in [0.717, 1.165) is 6.42 Å². The zero-order chi connectivity index (χ0) is 12.8. The number of hydrogen-bond acceptors (Lipinski definition) is 3. The predicted octanol–water partition coefficient (Wildman–Crippen LogP) is 1.72. The third-order valence-electron chi connectivity index (χ3n) is 3.52. The normalized spacial score (nSPS) is 31.7. The van der Waals surface area contributed by atoms with E-state index < -0.39 is 11.6 Å². The van der Waals surface area contributed by atoms with Crippen LogP contribution in [0.4, 0.5) is 4.79 Å². The highest BCUT2D eigenvalue weighted by Gasteiger charge is 2.62. The molecule has 5 nitrogen and oxygen atoms in total. The van der Waals surface area contributed by atoms with Crippen LogP contribution in [0.3, 0.4) is 0 Å². The number of carbonyl (C=O) groups excluding carboxylic acids is 1. The predicted molar refractivity (Wildman–Crippen MR) is 60.6 cm³/mol. The molecule has 0 aromatic heterocycles. The van der Waals surface area contributed by atoms with Crippen LogP contribution in [0.2, 0.25) is 0 Å². The lowest BCUT2D eigenvalue weighted by Gasteiger charge is -2.24. The number of likely N-dealkylation sites (tertiary alicyclic amines) is 1. The number of rotatable bonds is 1. The summed E-state index contributed by atoms with van der Waals surface area (Å²) >= 11 is 0. The van der Waals surface area contributed by atoms with Gasteiger partial charge in [0.2, 0.25) is 0 Å². The first kappa shape index (κ1) is 12.2. The van der Waals surface area contributed by atoms with Crippen LogP contribution in [0, 0.1) is 11.3 Å². The van der Waals surface area contributed by atoms with Crippen molar-refractivity contribution in [3.63, 3.8) is 0 Å². The summed E-state index contributed by atoms with van der Waals surface area (Å²) in [4.78, 5) is 24.3. The van der Waals surface area contributed by atoms with Crippen molar-refractivity contribution in [2.75, 3.05) is 13.1 Å². The van der Waals surface area contributed by atoms with E-state index in [9.17, 15) is 9.59 Å². The average Bonchev–Trinajstić information content (AvgIpc) is 2.65. The van der Waals surface area contributed by atoms with Crippen molar-refractivity contribution in [2.45, 2.75) is 39.2 Å². The maximum Gasteiger partial charge on any atom is 0.410 e. The lowest BCUT2D eigenvalue weighted by Crippen LogP contribution is -2.35. The molecule has 2 rings (SSSR count). The summed E-state index contributed by atoms with van der Waals surface area (Å²) in [6.07, 6.45) is 1.15. The lowest BCUT2D eigenvalue weighted by molar-refractivity contribution is -0.139. The fourth-order valence-corrected chi connectivity index (χ4v) is 2.53. The van der Waals surface area contributed by atoms with Crippen molar-refractivity contribution in [1.29, 1.82) is 0 Å². The van der Waals surface area contributed by atoms with Crippen molar-refractivity contribution in [1.82, 2.24) is 4.90 Å². The van der Waals surface area contributed by atoms with Crippen LogP contribution in [0.5, 0.6) is 0 Å². The van der Waals surface area contributed by atoms with Crippen LogP contribution in [0.25, 0.3) is 0 Å². The molecule has 1 amide bonds. The Hall–Kier alpha value is -1.26. The van der Waals surface area contributed by atoms with Gasteiger partial charge in [-0.25, -0.2) is 4.79 Å². The number of carbonyl (C=O) groups is 2. The number of aliphatic carboxylic acids is 1. The van der Waals surface area contributed by atoms with E-state index in [-0.39, 0.29) is 17.4 Å². The second kappa shape index (κ2) is 3.62. The first-order chi connectivity index (χ1) is 7.73. The molecule has 1 spiro atoms. The summed E-state index contributed by atoms with van der Waals surface area (Å²) in [6.45, 7) is 6.62. The zero-order valence-corrected chi connectivity index (χ0v) is 10.5. The molecule has 17 heavy (non-hydrogen) atoms. The van der Waals surface area contributed by atoms with Crippen molar-refractivity contribution >= 4 is 12.1 Å². The molecule has 0 radical (unpaired) electrons. The highest BCUT2D eigenvalue weighted by molar-refractivity contribution is 5.76. The monoisotopic (exact) mass is 241 g/mol. The molecule has 1 aliphatic heterocycles. The van der Waals surface area contributed by atoms with E-state index in [2.05, 4.69) is 0 Å². The van der Waals surface area contributed by atoms with E-state index in [4.69, 9.17) is 9.84 Å². The second-order valence-electron chi connectivity index (χ2n) is 6.11. The minimum atomic E-state index is -0.740. The van der Waals surface area contributed by atoms with Gasteiger partial charge in [0, 0.05) is 18.5 Å². The highest BCUT2D eigenvalue weighted by atomic mass is 16.6. The molecule has 1 saturated carbocycles. The van der Waals surface area contributed by atoms with Gasteiger partial charge < -0.3 is 14.7 Å². The maximum atomic E-state index is 11.8. The molecule has 0 aromatic rings. The SMILES string of the molecule is CC(C)(C)OC(=O)N1CC[C@@]2(C[C@H]2C(=O)O)C1. The average molecular weight is 241 g/mol. The van der Waals surface area contributed by atoms with Crippen molar-refractivity contribution in [2.24, 2.45) is 11.3 Å². The van der Waals surface area contributed by atoms with Gasteiger partial charge >= 0.3 is 12.1 Å². The summed E-state index contributed by atoms with van der Waals surface area (Å²) in [5, 5.41) is 8.96. The fourth-order valence-electron chi connectivity index (χ4n) is 2.53. The summed E-state index contributed by atoms with van der Waals surface area (Å²) in [7, 11) is 0. The Morgan fingerprint density at radius 2 is 2.06 bits per heavy atom. The van der Waals surface area contributed by atoms with Gasteiger partial charge in [0.05, 0.1) is 5.92 Å². The molecule has 1 N–H and O–H groups in total. The smallest absolute Gasteiger partial charge is 0.410 e. The number of hydrogen-bond donors (Lipinski definition) is 1. The summed E-state index contributed by atoms with van der Waals surface area (Å²) in [5.41, 5.74) is -0.661. The molecule has 1 aliphatic carbocycles. The third kappa shape index (κ3) is 2.37. The van der Waals surface area contributed by atoms with Crippen molar-refractivity contribution in [3.05, 3.63) is 0 Å². The van der Waals surface area contributed by atoms with Gasteiger partial charge in [-0.3, -0.25) is 4.79 Å². The quantitative estimate of drug-likeness (QED) is 0.759. The van der Waals surface area contributed by atoms with Crippen LogP contribution in [-0.4, -0.2) is 40.8 Å². The van der Waals surface area contributed by atoms with E-state index >= 15 is 0 Å². The summed E-state index contributed by atoms with van der Waals surface area (Å²) in [5.74, 6) is -1.01. The van der Waals surface area contributed by atoms with Crippen LogP contribution in [-0.2, 0) is 9.53 Å². The maximum absolute atomic E-state index is 11.8. The third-order valence-corrected chi connectivity index (χ3v) is 3.52. The molecule has 0 bridgehead atoms. The molecule has 1 heterocycles. The Kier molecular flexibility index (Phi) is 2.60. The Labute approximate surface area is 101 Å². The molecular weight excluding hydrogens is 222 g/mol. The largest absolute Gasteiger partial charge is 0.481 e. The van der Waals surface area contributed by atoms with Gasteiger partial charge in [0.1, 0.15) is 5.60 Å². The molecule has 5 heteroatoms. The topological polar surface area (TPSA) is 66.8 Å². The van der Waals surface area contributed by atoms with Crippen molar-refractivity contribution in [3.8, 4) is 0 Å².